The molecule has 0 saturated carbocycles. The zero-order valence-electron chi connectivity index (χ0n) is 17.1. The fraction of sp³-hybridized carbons (Fsp3) is 0.381. The quantitative estimate of drug-likeness (QED) is 0.317. The molecule has 0 aliphatic rings. The number of nitrogens with zero attached hydrogens (tertiary/aromatic N) is 1. The number of guanidine groups is 1. The molecule has 6 nitrogen and oxygen atoms in total. The van der Waals surface area contributed by atoms with Gasteiger partial charge in [-0.1, -0.05) is 26.0 Å². The molecule has 2 aromatic carbocycles. The lowest BCUT2D eigenvalue weighted by atomic mass is 10.2. The van der Waals surface area contributed by atoms with Gasteiger partial charge in [-0.15, -0.1) is 24.0 Å². The third-order valence-electron chi connectivity index (χ3n) is 3.81. The highest BCUT2D eigenvalue weighted by atomic mass is 127. The summed E-state index contributed by atoms with van der Waals surface area (Å²) in [5.41, 5.74) is 1.97. The fourth-order valence-corrected chi connectivity index (χ4v) is 2.42. The monoisotopic (exact) mass is 499 g/mol. The van der Waals surface area contributed by atoms with Gasteiger partial charge in [0.15, 0.2) is 17.5 Å². The Kier molecular flexibility index (Phi) is 10.5. The maximum Gasteiger partial charge on any atom is 0.195 e. The van der Waals surface area contributed by atoms with Gasteiger partial charge in [0.2, 0.25) is 0 Å². The minimum absolute atomic E-state index is 0. The minimum atomic E-state index is 0. The maximum atomic E-state index is 5.78. The molecule has 7 heteroatoms. The van der Waals surface area contributed by atoms with Crippen LogP contribution in [0.2, 0.25) is 0 Å². The molecule has 0 amide bonds. The highest BCUT2D eigenvalue weighted by Gasteiger charge is 2.07. The SMILES string of the molecule is CN=C(NCc1cccc(OCC(C)C)c1)Nc1ccc(OC)c(OC)c1.I. The summed E-state index contributed by atoms with van der Waals surface area (Å²) in [4.78, 5) is 4.27. The van der Waals surface area contributed by atoms with Crippen LogP contribution in [0, 0.1) is 5.92 Å². The molecule has 0 aromatic heterocycles. The van der Waals surface area contributed by atoms with Crippen molar-refractivity contribution in [3.05, 3.63) is 48.0 Å². The molecule has 0 aliphatic carbocycles. The number of hydrogen-bond donors (Lipinski definition) is 2. The number of anilines is 1. The zero-order chi connectivity index (χ0) is 19.6. The maximum absolute atomic E-state index is 5.78. The lowest BCUT2D eigenvalue weighted by Gasteiger charge is -2.15. The molecular formula is C21H30IN3O3. The van der Waals surface area contributed by atoms with E-state index in [9.17, 15) is 0 Å². The molecule has 0 unspecified atom stereocenters. The number of aliphatic imine (C=N–C) groups is 1. The summed E-state index contributed by atoms with van der Waals surface area (Å²) in [7, 11) is 4.96. The summed E-state index contributed by atoms with van der Waals surface area (Å²) in [6.07, 6.45) is 0. The van der Waals surface area contributed by atoms with E-state index in [0.717, 1.165) is 17.0 Å². The van der Waals surface area contributed by atoms with E-state index >= 15 is 0 Å². The van der Waals surface area contributed by atoms with Crippen LogP contribution in [0.3, 0.4) is 0 Å². The van der Waals surface area contributed by atoms with E-state index < -0.39 is 0 Å². The van der Waals surface area contributed by atoms with Gasteiger partial charge in [0.05, 0.1) is 20.8 Å². The fourth-order valence-electron chi connectivity index (χ4n) is 2.42. The molecule has 0 spiro atoms. The second-order valence-electron chi connectivity index (χ2n) is 6.47. The van der Waals surface area contributed by atoms with Gasteiger partial charge >= 0.3 is 0 Å². The van der Waals surface area contributed by atoms with Crippen molar-refractivity contribution in [3.8, 4) is 17.2 Å². The largest absolute Gasteiger partial charge is 0.493 e. The first-order valence-corrected chi connectivity index (χ1v) is 8.97. The molecule has 0 heterocycles. The van der Waals surface area contributed by atoms with Crippen LogP contribution in [0.1, 0.15) is 19.4 Å². The molecule has 2 N–H and O–H groups in total. The Bertz CT molecular complexity index is 766. The molecule has 0 bridgehead atoms. The van der Waals surface area contributed by atoms with Crippen molar-refractivity contribution < 1.29 is 14.2 Å². The number of hydrogen-bond acceptors (Lipinski definition) is 4. The summed E-state index contributed by atoms with van der Waals surface area (Å²) in [6, 6.07) is 13.7. The van der Waals surface area contributed by atoms with Gasteiger partial charge < -0.3 is 24.8 Å². The summed E-state index contributed by atoms with van der Waals surface area (Å²) in [6.45, 7) is 5.61. The second kappa shape index (κ2) is 12.3. The van der Waals surface area contributed by atoms with Crippen molar-refractivity contribution in [2.45, 2.75) is 20.4 Å². The summed E-state index contributed by atoms with van der Waals surface area (Å²) >= 11 is 0. The van der Waals surface area contributed by atoms with Crippen LogP contribution in [0.25, 0.3) is 0 Å². The average Bonchev–Trinajstić information content (AvgIpc) is 2.69. The molecule has 2 rings (SSSR count). The number of halogens is 1. The van der Waals surface area contributed by atoms with E-state index in [0.29, 0.717) is 36.5 Å². The van der Waals surface area contributed by atoms with Crippen molar-refractivity contribution in [3.63, 3.8) is 0 Å². The van der Waals surface area contributed by atoms with Crippen molar-refractivity contribution in [1.29, 1.82) is 0 Å². The summed E-state index contributed by atoms with van der Waals surface area (Å²) < 4.78 is 16.4. The molecule has 0 aliphatic heterocycles. The molecule has 0 atom stereocenters. The third kappa shape index (κ3) is 7.46. The van der Waals surface area contributed by atoms with Gasteiger partial charge in [0.25, 0.3) is 0 Å². The third-order valence-corrected chi connectivity index (χ3v) is 3.81. The topological polar surface area (TPSA) is 64.1 Å². The van der Waals surface area contributed by atoms with Crippen molar-refractivity contribution in [2.75, 3.05) is 33.2 Å². The van der Waals surface area contributed by atoms with Crippen LogP contribution in [0.15, 0.2) is 47.5 Å². The molecule has 2 aromatic rings. The van der Waals surface area contributed by atoms with Gasteiger partial charge in [-0.2, -0.15) is 0 Å². The van der Waals surface area contributed by atoms with Crippen LogP contribution in [-0.2, 0) is 6.54 Å². The zero-order valence-corrected chi connectivity index (χ0v) is 19.4. The second-order valence-corrected chi connectivity index (χ2v) is 6.47. The van der Waals surface area contributed by atoms with Gasteiger partial charge in [-0.25, -0.2) is 0 Å². The number of rotatable bonds is 8. The molecule has 0 fully saturated rings. The number of nitrogens with one attached hydrogen (secondary N) is 2. The first-order valence-electron chi connectivity index (χ1n) is 8.97. The predicted molar refractivity (Wildman–Crippen MR) is 126 cm³/mol. The Labute approximate surface area is 184 Å². The van der Waals surface area contributed by atoms with Gasteiger partial charge in [0.1, 0.15) is 5.75 Å². The van der Waals surface area contributed by atoms with E-state index in [1.165, 1.54) is 0 Å². The van der Waals surface area contributed by atoms with E-state index in [-0.39, 0.29) is 24.0 Å². The standard InChI is InChI=1S/C21H29N3O3.HI/c1-15(2)14-27-18-8-6-7-16(11-18)13-23-21(22-3)24-17-9-10-19(25-4)20(12-17)26-5;/h6-12,15H,13-14H2,1-5H3,(H2,22,23,24);1H. The van der Waals surface area contributed by atoms with Crippen LogP contribution in [0.4, 0.5) is 5.69 Å². The highest BCUT2D eigenvalue weighted by molar-refractivity contribution is 14.0. The van der Waals surface area contributed by atoms with Gasteiger partial charge in [0, 0.05) is 25.3 Å². The first kappa shape index (κ1) is 23.9. The first-order chi connectivity index (χ1) is 13.0. The molecule has 0 saturated heterocycles. The number of methoxy groups -OCH3 is 2. The van der Waals surface area contributed by atoms with Crippen LogP contribution < -0.4 is 24.8 Å². The average molecular weight is 499 g/mol. The molecular weight excluding hydrogens is 469 g/mol. The van der Waals surface area contributed by atoms with E-state index in [4.69, 9.17) is 14.2 Å². The summed E-state index contributed by atoms with van der Waals surface area (Å²) in [5, 5.41) is 6.56. The molecule has 28 heavy (non-hydrogen) atoms. The Balaban J connectivity index is 0.00000392. The Morgan fingerprint density at radius 3 is 2.43 bits per heavy atom. The minimum Gasteiger partial charge on any atom is -0.493 e. The highest BCUT2D eigenvalue weighted by Crippen LogP contribution is 2.29. The lowest BCUT2D eigenvalue weighted by molar-refractivity contribution is 0.271. The van der Waals surface area contributed by atoms with Gasteiger partial charge in [-0.3, -0.25) is 4.99 Å². The number of ether oxygens (including phenoxy) is 3. The van der Waals surface area contributed by atoms with Crippen molar-refractivity contribution in [2.24, 2.45) is 10.9 Å². The normalized spacial score (nSPS) is 10.9. The summed E-state index contributed by atoms with van der Waals surface area (Å²) in [5.74, 6) is 3.38. The van der Waals surface area contributed by atoms with Crippen LogP contribution >= 0.6 is 24.0 Å². The predicted octanol–water partition coefficient (Wildman–Crippen LogP) is 4.54. The Morgan fingerprint density at radius 1 is 1.04 bits per heavy atom. The molecule has 0 radical (unpaired) electrons. The molecule has 154 valence electrons. The Hall–Kier alpha value is -2.16. The van der Waals surface area contributed by atoms with E-state index in [1.54, 1.807) is 21.3 Å². The van der Waals surface area contributed by atoms with Crippen LogP contribution in [-0.4, -0.2) is 33.8 Å². The van der Waals surface area contributed by atoms with Gasteiger partial charge in [-0.05, 0) is 35.7 Å². The Morgan fingerprint density at radius 2 is 1.79 bits per heavy atom. The van der Waals surface area contributed by atoms with Crippen LogP contribution in [0.5, 0.6) is 17.2 Å². The van der Waals surface area contributed by atoms with Crippen molar-refractivity contribution in [1.82, 2.24) is 5.32 Å². The number of benzene rings is 2. The lowest BCUT2D eigenvalue weighted by Crippen LogP contribution is -2.30. The smallest absolute Gasteiger partial charge is 0.195 e. The van der Waals surface area contributed by atoms with E-state index in [2.05, 4.69) is 35.5 Å². The van der Waals surface area contributed by atoms with E-state index in [1.807, 2.05) is 36.4 Å². The van der Waals surface area contributed by atoms with Crippen molar-refractivity contribution >= 4 is 35.6 Å².